The van der Waals surface area contributed by atoms with Gasteiger partial charge in [-0.15, -0.1) is 0 Å². The van der Waals surface area contributed by atoms with Crippen LogP contribution in [0.5, 0.6) is 0 Å². The Hall–Kier alpha value is -7.36. The minimum Gasteiger partial charge on any atom is -0.386 e. The topological polar surface area (TPSA) is 43.4 Å². The fraction of sp³-hybridized carbons (Fsp3) is 0.0370. The molecule has 0 fully saturated rings. The second-order valence-electron chi connectivity index (χ2n) is 15.7. The van der Waals surface area contributed by atoms with Gasteiger partial charge in [-0.25, -0.2) is 9.59 Å². The van der Waals surface area contributed by atoms with Crippen LogP contribution in [0.2, 0.25) is 0 Å². The van der Waals surface area contributed by atoms with E-state index in [0.717, 1.165) is 26.9 Å². The fourth-order valence-corrected chi connectivity index (χ4v) is 10.9. The lowest BCUT2D eigenvalue weighted by Crippen LogP contribution is -2.22. The van der Waals surface area contributed by atoms with Gasteiger partial charge in [-0.3, -0.25) is 0 Å². The molecule has 1 heterocycles. The van der Waals surface area contributed by atoms with E-state index in [4.69, 9.17) is 4.74 Å². The Morgan fingerprint density at radius 3 is 1.37 bits per heavy atom. The normalized spacial score (nSPS) is 18.1. The first kappa shape index (κ1) is 30.9. The number of ether oxygens (including phenoxy) is 1. The van der Waals surface area contributed by atoms with Gasteiger partial charge in [0.05, 0.1) is 11.1 Å². The van der Waals surface area contributed by atoms with Gasteiger partial charge in [0, 0.05) is 17.2 Å². The average molecular weight is 727 g/mol. The molecule has 264 valence electrons. The monoisotopic (exact) mass is 726 g/mol. The van der Waals surface area contributed by atoms with E-state index in [0.29, 0.717) is 16.5 Å². The van der Waals surface area contributed by atoms with Gasteiger partial charge in [-0.05, 0) is 116 Å². The first-order valence-corrected chi connectivity index (χ1v) is 19.6. The van der Waals surface area contributed by atoms with Crippen LogP contribution in [-0.4, -0.2) is 11.9 Å². The van der Waals surface area contributed by atoms with Gasteiger partial charge in [-0.2, -0.15) is 0 Å². The van der Waals surface area contributed by atoms with Gasteiger partial charge >= 0.3 is 11.9 Å². The Bertz CT molecular complexity index is 3300. The third-order valence-electron chi connectivity index (χ3n) is 13.0. The molecule has 4 aliphatic rings. The lowest BCUT2D eigenvalue weighted by Gasteiger charge is -2.37. The Morgan fingerprint density at radius 2 is 0.772 bits per heavy atom. The summed E-state index contributed by atoms with van der Waals surface area (Å²) in [5.41, 5.74) is 13.8. The van der Waals surface area contributed by atoms with Crippen LogP contribution in [0.3, 0.4) is 0 Å². The number of hydrogen-bond acceptors (Lipinski definition) is 3. The number of fused-ring (bicyclic) bond motifs is 6. The average Bonchev–Trinajstić information content (AvgIpc) is 3.59. The van der Waals surface area contributed by atoms with Crippen LogP contribution in [-0.2, 0) is 4.74 Å². The lowest BCUT2D eigenvalue weighted by atomic mass is 9.66. The summed E-state index contributed by atoms with van der Waals surface area (Å²) in [4.78, 5) is 25.8. The van der Waals surface area contributed by atoms with E-state index in [1.54, 1.807) is 0 Å². The molecule has 9 aromatic carbocycles. The van der Waals surface area contributed by atoms with Crippen LogP contribution in [0.4, 0.5) is 0 Å². The Balaban J connectivity index is 1.12. The van der Waals surface area contributed by atoms with E-state index in [1.165, 1.54) is 77.2 Å². The third-order valence-corrected chi connectivity index (χ3v) is 13.0. The highest BCUT2D eigenvalue weighted by molar-refractivity contribution is 6.39. The molecule has 0 spiro atoms. The van der Waals surface area contributed by atoms with E-state index < -0.39 is 11.9 Å². The molecule has 0 aromatic heterocycles. The van der Waals surface area contributed by atoms with E-state index in [1.807, 2.05) is 24.3 Å². The van der Waals surface area contributed by atoms with Crippen molar-refractivity contribution in [3.05, 3.63) is 203 Å². The Labute approximate surface area is 327 Å². The summed E-state index contributed by atoms with van der Waals surface area (Å²) >= 11 is 0. The molecule has 3 heteroatoms. The first-order valence-electron chi connectivity index (χ1n) is 19.6. The molecule has 2 atom stereocenters. The van der Waals surface area contributed by atoms with Crippen LogP contribution in [0.25, 0.3) is 87.3 Å². The molecular weight excluding hydrogens is 697 g/mol. The smallest absolute Gasteiger partial charge is 0.346 e. The number of cyclic esters (lactones) is 2. The highest BCUT2D eigenvalue weighted by atomic mass is 16.6. The summed E-state index contributed by atoms with van der Waals surface area (Å²) < 4.78 is 5.11. The molecule has 2 unspecified atom stereocenters. The molecule has 3 nitrogen and oxygen atoms in total. The summed E-state index contributed by atoms with van der Waals surface area (Å²) in [6, 6.07) is 52.3. The lowest BCUT2D eigenvalue weighted by molar-refractivity contribution is 0.0391. The quantitative estimate of drug-likeness (QED) is 0.0788. The number of allylic oxidation sites excluding steroid dienone is 8. The van der Waals surface area contributed by atoms with Gasteiger partial charge in [0.2, 0.25) is 0 Å². The second-order valence-corrected chi connectivity index (χ2v) is 15.7. The zero-order chi connectivity index (χ0) is 37.5. The van der Waals surface area contributed by atoms with Gasteiger partial charge in [0.25, 0.3) is 0 Å². The van der Waals surface area contributed by atoms with E-state index in [2.05, 4.69) is 146 Å². The molecule has 13 rings (SSSR count). The highest BCUT2D eigenvalue weighted by Gasteiger charge is 2.41. The molecule has 3 aliphatic carbocycles. The maximum absolute atomic E-state index is 12.9. The fourth-order valence-electron chi connectivity index (χ4n) is 10.9. The molecule has 57 heavy (non-hydrogen) atoms. The van der Waals surface area contributed by atoms with Gasteiger partial charge < -0.3 is 4.74 Å². The SMILES string of the molecule is O=C1OC(=O)c2ccc3c4ccc(-c5ccc6c7c(cccc57)C5=C(c7ccccc7)C7C=CC=CC7C(c7ccccc7)=C56)c5cccc(c6ccc1c2c63)c54. The number of esters is 2. The van der Waals surface area contributed by atoms with Crippen molar-refractivity contribution >= 4 is 88.1 Å². The molecule has 0 radical (unpaired) electrons. The number of carbonyl (C=O) groups is 2. The summed E-state index contributed by atoms with van der Waals surface area (Å²) in [5.74, 6) is -0.777. The van der Waals surface area contributed by atoms with E-state index in [9.17, 15) is 9.59 Å². The van der Waals surface area contributed by atoms with Crippen molar-refractivity contribution in [2.24, 2.45) is 11.8 Å². The van der Waals surface area contributed by atoms with E-state index in [-0.39, 0.29) is 11.8 Å². The van der Waals surface area contributed by atoms with Crippen molar-refractivity contribution in [3.63, 3.8) is 0 Å². The molecular formula is C54H30O3. The zero-order valence-corrected chi connectivity index (χ0v) is 30.5. The van der Waals surface area contributed by atoms with Crippen molar-refractivity contribution < 1.29 is 14.3 Å². The standard InChI is InChI=1S/C54H30O3/c55-53-43-27-24-39-37-19-9-17-33-31(21-23-38(47(33)37)40-25-28-44(54(56)57-53)50(43)49(39)40)32-22-26-42-48-34(32)18-10-20-41(48)51-45(29-11-3-1-4-12-29)35-15-7-8-16-36(35)46(52(42)51)30-13-5-2-6-14-30/h1-28,35-36H. The summed E-state index contributed by atoms with van der Waals surface area (Å²) in [7, 11) is 0. The molecule has 0 bridgehead atoms. The summed E-state index contributed by atoms with van der Waals surface area (Å²) in [6.07, 6.45) is 9.24. The summed E-state index contributed by atoms with van der Waals surface area (Å²) in [6.45, 7) is 0. The molecule has 0 saturated heterocycles. The Kier molecular flexibility index (Phi) is 6.03. The van der Waals surface area contributed by atoms with Gasteiger partial charge in [0.15, 0.2) is 0 Å². The van der Waals surface area contributed by atoms with Crippen molar-refractivity contribution in [2.75, 3.05) is 0 Å². The highest BCUT2D eigenvalue weighted by Crippen LogP contribution is 2.61. The summed E-state index contributed by atoms with van der Waals surface area (Å²) in [5, 5.41) is 10.8. The predicted octanol–water partition coefficient (Wildman–Crippen LogP) is 13.1. The van der Waals surface area contributed by atoms with Crippen LogP contribution in [0, 0.1) is 11.8 Å². The Morgan fingerprint density at radius 1 is 0.333 bits per heavy atom. The number of rotatable bonds is 3. The molecule has 0 saturated carbocycles. The van der Waals surface area contributed by atoms with E-state index >= 15 is 0 Å². The molecule has 9 aromatic rings. The number of carbonyl (C=O) groups excluding carboxylic acids is 2. The first-order chi connectivity index (χ1) is 28.2. The molecule has 1 aliphatic heterocycles. The van der Waals surface area contributed by atoms with Crippen molar-refractivity contribution in [3.8, 4) is 11.1 Å². The van der Waals surface area contributed by atoms with Gasteiger partial charge in [-0.1, -0.05) is 158 Å². The van der Waals surface area contributed by atoms with Crippen molar-refractivity contribution in [2.45, 2.75) is 0 Å². The minimum absolute atomic E-state index is 0.202. The number of hydrogen-bond donors (Lipinski definition) is 0. The van der Waals surface area contributed by atoms with Crippen LogP contribution < -0.4 is 0 Å². The van der Waals surface area contributed by atoms with Crippen LogP contribution in [0.1, 0.15) is 43.0 Å². The van der Waals surface area contributed by atoms with Gasteiger partial charge in [0.1, 0.15) is 0 Å². The zero-order valence-electron chi connectivity index (χ0n) is 30.5. The van der Waals surface area contributed by atoms with Crippen LogP contribution >= 0.6 is 0 Å². The maximum atomic E-state index is 12.9. The number of benzene rings is 9. The largest absolute Gasteiger partial charge is 0.386 e. The second kappa shape index (κ2) is 11.1. The molecule has 0 amide bonds. The van der Waals surface area contributed by atoms with Crippen molar-refractivity contribution in [1.82, 2.24) is 0 Å². The minimum atomic E-state index is -0.590. The van der Waals surface area contributed by atoms with Crippen molar-refractivity contribution in [1.29, 1.82) is 0 Å². The third kappa shape index (κ3) is 3.95. The maximum Gasteiger partial charge on any atom is 0.346 e. The molecule has 0 N–H and O–H groups in total. The predicted molar refractivity (Wildman–Crippen MR) is 232 cm³/mol. The van der Waals surface area contributed by atoms with Crippen LogP contribution in [0.15, 0.2) is 170 Å².